The van der Waals surface area contributed by atoms with Crippen LogP contribution < -0.4 is 4.72 Å². The van der Waals surface area contributed by atoms with Crippen molar-refractivity contribution in [3.05, 3.63) is 29.8 Å². The van der Waals surface area contributed by atoms with Crippen LogP contribution in [0.5, 0.6) is 0 Å². The second-order valence-corrected chi connectivity index (χ2v) is 8.51. The maximum atomic E-state index is 12.6. The van der Waals surface area contributed by atoms with Gasteiger partial charge in [-0.1, -0.05) is 6.92 Å². The Kier molecular flexibility index (Phi) is 6.98. The van der Waals surface area contributed by atoms with Crippen molar-refractivity contribution in [2.45, 2.75) is 43.5 Å². The molecule has 1 saturated carbocycles. The molecule has 0 atom stereocenters. The van der Waals surface area contributed by atoms with Gasteiger partial charge in [-0.05, 0) is 55.9 Å². The van der Waals surface area contributed by atoms with Crippen LogP contribution in [-0.4, -0.2) is 52.6 Å². The summed E-state index contributed by atoms with van der Waals surface area (Å²) in [6, 6.07) is 6.37. The zero-order chi connectivity index (χ0) is 18.4. The predicted octanol–water partition coefficient (Wildman–Crippen LogP) is 2.26. The highest BCUT2D eigenvalue weighted by atomic mass is 32.2. The number of carbonyl (C=O) groups is 1. The zero-order valence-corrected chi connectivity index (χ0v) is 16.0. The SMILES string of the molecule is COCCNS(=O)(=O)c1ccc(C(=O)N(C)C2CCC(C)CC2)cc1. The molecule has 0 bridgehead atoms. The molecule has 0 aromatic heterocycles. The van der Waals surface area contributed by atoms with E-state index in [1.165, 1.54) is 19.2 Å². The van der Waals surface area contributed by atoms with Gasteiger partial charge >= 0.3 is 0 Å². The van der Waals surface area contributed by atoms with Crippen LogP contribution in [0.4, 0.5) is 0 Å². The first-order chi connectivity index (χ1) is 11.8. The monoisotopic (exact) mass is 368 g/mol. The van der Waals surface area contributed by atoms with E-state index in [1.54, 1.807) is 17.0 Å². The third kappa shape index (κ3) is 5.26. The summed E-state index contributed by atoms with van der Waals surface area (Å²) in [6.45, 7) is 2.76. The largest absolute Gasteiger partial charge is 0.383 e. The molecular weight excluding hydrogens is 340 g/mol. The Morgan fingerprint density at radius 1 is 1.20 bits per heavy atom. The molecular formula is C18H28N2O4S. The summed E-state index contributed by atoms with van der Waals surface area (Å²) in [5, 5.41) is 0. The number of nitrogens with one attached hydrogen (secondary N) is 1. The summed E-state index contributed by atoms with van der Waals surface area (Å²) >= 11 is 0. The van der Waals surface area contributed by atoms with E-state index < -0.39 is 10.0 Å². The van der Waals surface area contributed by atoms with Gasteiger partial charge in [-0.25, -0.2) is 13.1 Å². The number of amides is 1. The average molecular weight is 368 g/mol. The first kappa shape index (κ1) is 19.9. The number of benzene rings is 1. The van der Waals surface area contributed by atoms with Crippen molar-refractivity contribution >= 4 is 15.9 Å². The third-order valence-corrected chi connectivity index (χ3v) is 6.34. The fourth-order valence-corrected chi connectivity index (χ4v) is 4.15. The molecule has 1 aromatic carbocycles. The summed E-state index contributed by atoms with van der Waals surface area (Å²) in [4.78, 5) is 14.6. The van der Waals surface area contributed by atoms with Crippen LogP contribution in [0.15, 0.2) is 29.2 Å². The summed E-state index contributed by atoms with van der Waals surface area (Å²) < 4.78 is 31.6. The number of hydrogen-bond donors (Lipinski definition) is 1. The molecule has 1 N–H and O–H groups in total. The van der Waals surface area contributed by atoms with Gasteiger partial charge in [-0.15, -0.1) is 0 Å². The van der Waals surface area contributed by atoms with Crippen LogP contribution in [0.3, 0.4) is 0 Å². The van der Waals surface area contributed by atoms with E-state index in [1.807, 2.05) is 7.05 Å². The molecule has 140 valence electrons. The van der Waals surface area contributed by atoms with Crippen molar-refractivity contribution in [1.29, 1.82) is 0 Å². The van der Waals surface area contributed by atoms with E-state index >= 15 is 0 Å². The van der Waals surface area contributed by atoms with Gasteiger partial charge < -0.3 is 9.64 Å². The number of carbonyl (C=O) groups excluding carboxylic acids is 1. The maximum Gasteiger partial charge on any atom is 0.253 e. The first-order valence-electron chi connectivity index (χ1n) is 8.71. The molecule has 0 aliphatic heterocycles. The Balaban J connectivity index is 2.02. The lowest BCUT2D eigenvalue weighted by molar-refractivity contribution is 0.0679. The maximum absolute atomic E-state index is 12.6. The van der Waals surface area contributed by atoms with E-state index in [9.17, 15) is 13.2 Å². The Morgan fingerprint density at radius 2 is 1.80 bits per heavy atom. The third-order valence-electron chi connectivity index (χ3n) is 4.86. The lowest BCUT2D eigenvalue weighted by Crippen LogP contribution is -2.39. The Bertz CT molecular complexity index is 665. The standard InChI is InChI=1S/C18H28N2O4S/c1-14-4-8-16(9-5-14)20(2)18(21)15-6-10-17(11-7-15)25(22,23)19-12-13-24-3/h6-7,10-11,14,16,19H,4-5,8-9,12-13H2,1-3H3. The summed E-state index contributed by atoms with van der Waals surface area (Å²) in [6.07, 6.45) is 4.35. The van der Waals surface area contributed by atoms with Gasteiger partial charge in [0.1, 0.15) is 0 Å². The molecule has 0 unspecified atom stereocenters. The molecule has 6 nitrogen and oxygen atoms in total. The van der Waals surface area contributed by atoms with E-state index in [0.717, 1.165) is 31.6 Å². The van der Waals surface area contributed by atoms with E-state index in [2.05, 4.69) is 11.6 Å². The zero-order valence-electron chi connectivity index (χ0n) is 15.2. The molecule has 1 aliphatic carbocycles. The van der Waals surface area contributed by atoms with Crippen LogP contribution in [0.1, 0.15) is 43.0 Å². The first-order valence-corrected chi connectivity index (χ1v) is 10.2. The molecule has 25 heavy (non-hydrogen) atoms. The van der Waals surface area contributed by atoms with Gasteiger partial charge in [-0.2, -0.15) is 0 Å². The topological polar surface area (TPSA) is 75.7 Å². The Labute approximate surface area is 150 Å². The van der Waals surface area contributed by atoms with Crippen LogP contribution >= 0.6 is 0 Å². The molecule has 1 aliphatic rings. The lowest BCUT2D eigenvalue weighted by atomic mass is 9.86. The van der Waals surface area contributed by atoms with Crippen molar-refractivity contribution in [3.8, 4) is 0 Å². The smallest absolute Gasteiger partial charge is 0.253 e. The highest BCUT2D eigenvalue weighted by Crippen LogP contribution is 2.27. The number of rotatable bonds is 7. The van der Waals surface area contributed by atoms with E-state index in [-0.39, 0.29) is 23.4 Å². The molecule has 0 heterocycles. The second-order valence-electron chi connectivity index (χ2n) is 6.74. The second kappa shape index (κ2) is 8.78. The van der Waals surface area contributed by atoms with E-state index in [0.29, 0.717) is 12.2 Å². The molecule has 2 rings (SSSR count). The lowest BCUT2D eigenvalue weighted by Gasteiger charge is -2.33. The van der Waals surface area contributed by atoms with Gasteiger partial charge in [0.15, 0.2) is 0 Å². The van der Waals surface area contributed by atoms with Gasteiger partial charge in [0, 0.05) is 32.3 Å². The van der Waals surface area contributed by atoms with Gasteiger partial charge in [0.2, 0.25) is 10.0 Å². The van der Waals surface area contributed by atoms with Gasteiger partial charge in [0.25, 0.3) is 5.91 Å². The van der Waals surface area contributed by atoms with Gasteiger partial charge in [-0.3, -0.25) is 4.79 Å². The molecule has 1 fully saturated rings. The highest BCUT2D eigenvalue weighted by Gasteiger charge is 2.25. The van der Waals surface area contributed by atoms with Crippen molar-refractivity contribution in [2.24, 2.45) is 5.92 Å². The highest BCUT2D eigenvalue weighted by molar-refractivity contribution is 7.89. The predicted molar refractivity (Wildman–Crippen MR) is 97.0 cm³/mol. The van der Waals surface area contributed by atoms with Crippen molar-refractivity contribution in [3.63, 3.8) is 0 Å². The number of sulfonamides is 1. The van der Waals surface area contributed by atoms with Crippen molar-refractivity contribution in [1.82, 2.24) is 9.62 Å². The molecule has 0 saturated heterocycles. The summed E-state index contributed by atoms with van der Waals surface area (Å²) in [7, 11) is -0.231. The molecule has 0 spiro atoms. The van der Waals surface area contributed by atoms with E-state index in [4.69, 9.17) is 4.74 Å². The number of ether oxygens (including phenoxy) is 1. The Morgan fingerprint density at radius 3 is 2.36 bits per heavy atom. The van der Waals surface area contributed by atoms with Crippen molar-refractivity contribution < 1.29 is 17.9 Å². The summed E-state index contributed by atoms with van der Waals surface area (Å²) in [5.41, 5.74) is 0.511. The minimum Gasteiger partial charge on any atom is -0.383 e. The molecule has 7 heteroatoms. The fraction of sp³-hybridized carbons (Fsp3) is 0.611. The van der Waals surface area contributed by atoms with Crippen molar-refractivity contribution in [2.75, 3.05) is 27.3 Å². The normalized spacial score (nSPS) is 21.1. The molecule has 0 radical (unpaired) electrons. The molecule has 1 aromatic rings. The average Bonchev–Trinajstić information content (AvgIpc) is 2.61. The number of hydrogen-bond acceptors (Lipinski definition) is 4. The number of nitrogens with zero attached hydrogens (tertiary/aromatic N) is 1. The van der Waals surface area contributed by atoms with Crippen LogP contribution in [0, 0.1) is 5.92 Å². The minimum absolute atomic E-state index is 0.0594. The quantitative estimate of drug-likeness (QED) is 0.749. The minimum atomic E-state index is -3.58. The fourth-order valence-electron chi connectivity index (χ4n) is 3.14. The van der Waals surface area contributed by atoms with Crippen LogP contribution in [0.25, 0.3) is 0 Å². The Hall–Kier alpha value is -1.44. The summed E-state index contributed by atoms with van der Waals surface area (Å²) in [5.74, 6) is 0.672. The van der Waals surface area contributed by atoms with Crippen LogP contribution in [0.2, 0.25) is 0 Å². The molecule has 1 amide bonds. The number of methoxy groups -OCH3 is 1. The van der Waals surface area contributed by atoms with Crippen LogP contribution in [-0.2, 0) is 14.8 Å². The van der Waals surface area contributed by atoms with Gasteiger partial charge in [0.05, 0.1) is 11.5 Å².